The summed E-state index contributed by atoms with van der Waals surface area (Å²) in [6.07, 6.45) is 2.66. The van der Waals surface area contributed by atoms with E-state index in [0.29, 0.717) is 13.1 Å². The SMILES string of the molecule is CC(C)(C)C1CN(C(=O)O)CCc2cc(Cc3ccc(Br)nc3)ccc21. The maximum atomic E-state index is 11.6. The van der Waals surface area contributed by atoms with Gasteiger partial charge in [0.05, 0.1) is 0 Å². The number of nitrogens with zero attached hydrogens (tertiary/aromatic N) is 2. The zero-order chi connectivity index (χ0) is 18.9. The minimum absolute atomic E-state index is 0.00390. The lowest BCUT2D eigenvalue weighted by molar-refractivity contribution is 0.135. The molecule has 138 valence electrons. The number of hydrogen-bond acceptors (Lipinski definition) is 2. The number of halogens is 1. The van der Waals surface area contributed by atoms with Crippen LogP contribution < -0.4 is 0 Å². The maximum Gasteiger partial charge on any atom is 0.407 e. The first-order valence-electron chi connectivity index (χ1n) is 8.94. The number of aromatic nitrogens is 1. The quantitative estimate of drug-likeness (QED) is 0.692. The fourth-order valence-electron chi connectivity index (χ4n) is 3.65. The van der Waals surface area contributed by atoms with Gasteiger partial charge in [-0.25, -0.2) is 9.78 Å². The van der Waals surface area contributed by atoms with Crippen LogP contribution in [0.15, 0.2) is 41.1 Å². The highest BCUT2D eigenvalue weighted by molar-refractivity contribution is 9.10. The Morgan fingerprint density at radius 2 is 2.00 bits per heavy atom. The van der Waals surface area contributed by atoms with Crippen molar-refractivity contribution >= 4 is 22.0 Å². The van der Waals surface area contributed by atoms with Gasteiger partial charge in [-0.1, -0.05) is 45.0 Å². The van der Waals surface area contributed by atoms with Crippen LogP contribution in [0.25, 0.3) is 0 Å². The Kier molecular flexibility index (Phi) is 5.37. The van der Waals surface area contributed by atoms with E-state index in [2.05, 4.69) is 66.0 Å². The van der Waals surface area contributed by atoms with E-state index in [0.717, 1.165) is 17.4 Å². The van der Waals surface area contributed by atoms with E-state index in [-0.39, 0.29) is 11.3 Å². The summed E-state index contributed by atoms with van der Waals surface area (Å²) in [5.74, 6) is 0.194. The molecule has 0 aliphatic carbocycles. The van der Waals surface area contributed by atoms with Gasteiger partial charge in [0.1, 0.15) is 4.60 Å². The van der Waals surface area contributed by atoms with Crippen molar-refractivity contribution < 1.29 is 9.90 Å². The molecule has 4 nitrogen and oxygen atoms in total. The van der Waals surface area contributed by atoms with Crippen molar-refractivity contribution in [1.82, 2.24) is 9.88 Å². The number of fused-ring (bicyclic) bond motifs is 1. The molecular formula is C21H25BrN2O2. The van der Waals surface area contributed by atoms with Crippen LogP contribution in [0.1, 0.15) is 48.9 Å². The Bertz CT molecular complexity index is 797. The Balaban J connectivity index is 1.92. The molecule has 1 unspecified atom stereocenters. The highest BCUT2D eigenvalue weighted by atomic mass is 79.9. The van der Waals surface area contributed by atoms with Crippen LogP contribution in [-0.4, -0.2) is 34.2 Å². The number of carboxylic acid groups (broad SMARTS) is 1. The highest BCUT2D eigenvalue weighted by Crippen LogP contribution is 2.39. The van der Waals surface area contributed by atoms with Gasteiger partial charge in [-0.3, -0.25) is 0 Å². The molecule has 0 bridgehead atoms. The second kappa shape index (κ2) is 7.39. The Hall–Kier alpha value is -1.88. The van der Waals surface area contributed by atoms with Crippen LogP contribution in [0.3, 0.4) is 0 Å². The molecule has 0 saturated heterocycles. The van der Waals surface area contributed by atoms with Gasteiger partial charge in [0.2, 0.25) is 0 Å². The lowest BCUT2D eigenvalue weighted by Gasteiger charge is -2.33. The number of rotatable bonds is 2. The van der Waals surface area contributed by atoms with Crippen LogP contribution in [-0.2, 0) is 12.8 Å². The lowest BCUT2D eigenvalue weighted by atomic mass is 9.75. The molecule has 2 heterocycles. The maximum absolute atomic E-state index is 11.6. The second-order valence-electron chi connectivity index (χ2n) is 8.10. The fraction of sp³-hybridized carbons (Fsp3) is 0.429. The van der Waals surface area contributed by atoms with Crippen molar-refractivity contribution in [1.29, 1.82) is 0 Å². The Morgan fingerprint density at radius 1 is 1.27 bits per heavy atom. The molecule has 1 amide bonds. The predicted molar refractivity (Wildman–Crippen MR) is 107 cm³/mol. The summed E-state index contributed by atoms with van der Waals surface area (Å²) in [5, 5.41) is 9.51. The summed E-state index contributed by atoms with van der Waals surface area (Å²) in [5.41, 5.74) is 4.98. The van der Waals surface area contributed by atoms with Crippen molar-refractivity contribution in [3.63, 3.8) is 0 Å². The monoisotopic (exact) mass is 416 g/mol. The number of amides is 1. The van der Waals surface area contributed by atoms with Crippen molar-refractivity contribution in [2.75, 3.05) is 13.1 Å². The van der Waals surface area contributed by atoms with Crippen LogP contribution >= 0.6 is 15.9 Å². The van der Waals surface area contributed by atoms with E-state index >= 15 is 0 Å². The van der Waals surface area contributed by atoms with Crippen molar-refractivity contribution in [3.05, 3.63) is 63.4 Å². The highest BCUT2D eigenvalue weighted by Gasteiger charge is 2.33. The molecule has 5 heteroatoms. The topological polar surface area (TPSA) is 53.4 Å². The zero-order valence-electron chi connectivity index (χ0n) is 15.5. The van der Waals surface area contributed by atoms with E-state index in [1.807, 2.05) is 12.3 Å². The Morgan fingerprint density at radius 3 is 2.62 bits per heavy atom. The molecule has 3 rings (SSSR count). The molecule has 1 N–H and O–H groups in total. The smallest absolute Gasteiger partial charge is 0.407 e. The lowest BCUT2D eigenvalue weighted by Crippen LogP contribution is -2.36. The van der Waals surface area contributed by atoms with Crippen LogP contribution in [0.4, 0.5) is 4.79 Å². The van der Waals surface area contributed by atoms with E-state index in [1.165, 1.54) is 22.3 Å². The summed E-state index contributed by atoms with van der Waals surface area (Å²) in [6.45, 7) is 7.68. The third-order valence-corrected chi connectivity index (χ3v) is 5.62. The van der Waals surface area contributed by atoms with Gasteiger partial charge in [-0.05, 0) is 62.5 Å². The molecular weight excluding hydrogens is 392 g/mol. The van der Waals surface area contributed by atoms with Gasteiger partial charge in [0.25, 0.3) is 0 Å². The summed E-state index contributed by atoms with van der Waals surface area (Å²) >= 11 is 3.37. The van der Waals surface area contributed by atoms with Crippen LogP contribution in [0.2, 0.25) is 0 Å². The van der Waals surface area contributed by atoms with Crippen molar-refractivity contribution in [2.24, 2.45) is 5.41 Å². The fourth-order valence-corrected chi connectivity index (χ4v) is 3.89. The molecule has 2 aromatic rings. The van der Waals surface area contributed by atoms with E-state index in [1.54, 1.807) is 4.90 Å². The van der Waals surface area contributed by atoms with Gasteiger partial charge in [-0.15, -0.1) is 0 Å². The number of carbonyl (C=O) groups is 1. The van der Waals surface area contributed by atoms with Crippen LogP contribution in [0, 0.1) is 5.41 Å². The summed E-state index contributed by atoms with van der Waals surface area (Å²) in [4.78, 5) is 17.4. The molecule has 0 fully saturated rings. The van der Waals surface area contributed by atoms with Crippen molar-refractivity contribution in [3.8, 4) is 0 Å². The molecule has 0 saturated carbocycles. The van der Waals surface area contributed by atoms with Gasteiger partial charge in [0.15, 0.2) is 0 Å². The largest absolute Gasteiger partial charge is 0.465 e. The summed E-state index contributed by atoms with van der Waals surface area (Å²) < 4.78 is 0.838. The molecule has 1 aliphatic heterocycles. The molecule has 1 aromatic carbocycles. The summed E-state index contributed by atoms with van der Waals surface area (Å²) in [6, 6.07) is 10.7. The van der Waals surface area contributed by atoms with Gasteiger partial charge in [0, 0.05) is 25.2 Å². The average molecular weight is 417 g/mol. The Labute approximate surface area is 163 Å². The first-order valence-corrected chi connectivity index (χ1v) is 9.73. The standard InChI is InChI=1S/C21H25BrN2O2/c1-21(2,3)18-13-24(20(25)26)9-8-16-11-14(4-6-17(16)18)10-15-5-7-19(22)23-12-15/h4-7,11-12,18H,8-10,13H2,1-3H3,(H,25,26). The number of benzene rings is 1. The first-order chi connectivity index (χ1) is 12.2. The average Bonchev–Trinajstić information content (AvgIpc) is 2.76. The van der Waals surface area contributed by atoms with Crippen molar-refractivity contribution in [2.45, 2.75) is 39.5 Å². The molecule has 26 heavy (non-hydrogen) atoms. The molecule has 1 aliphatic rings. The molecule has 0 spiro atoms. The third kappa shape index (κ3) is 4.26. The second-order valence-corrected chi connectivity index (χ2v) is 8.91. The van der Waals surface area contributed by atoms with Gasteiger partial charge < -0.3 is 10.0 Å². The van der Waals surface area contributed by atoms with Gasteiger partial charge in [-0.2, -0.15) is 0 Å². The van der Waals surface area contributed by atoms with Gasteiger partial charge >= 0.3 is 6.09 Å². The first kappa shape index (κ1) is 18.9. The normalized spacial score (nSPS) is 17.5. The molecule has 1 aromatic heterocycles. The molecule has 1 atom stereocenters. The van der Waals surface area contributed by atoms with Crippen LogP contribution in [0.5, 0.6) is 0 Å². The van der Waals surface area contributed by atoms with E-state index < -0.39 is 6.09 Å². The minimum Gasteiger partial charge on any atom is -0.465 e. The number of pyridine rings is 1. The third-order valence-electron chi connectivity index (χ3n) is 5.15. The predicted octanol–water partition coefficient (Wildman–Crippen LogP) is 5.10. The zero-order valence-corrected chi connectivity index (χ0v) is 17.1. The number of hydrogen-bond donors (Lipinski definition) is 1. The minimum atomic E-state index is -0.826. The van der Waals surface area contributed by atoms with E-state index in [4.69, 9.17) is 0 Å². The summed E-state index contributed by atoms with van der Waals surface area (Å²) in [7, 11) is 0. The molecule has 0 radical (unpaired) electrons. The van der Waals surface area contributed by atoms with E-state index in [9.17, 15) is 9.90 Å².